The molecule has 0 saturated carbocycles. The summed E-state index contributed by atoms with van der Waals surface area (Å²) in [7, 11) is 1.36. The van der Waals surface area contributed by atoms with E-state index in [1.54, 1.807) is 28.9 Å². The largest absolute Gasteiger partial charge is 0.496 e. The van der Waals surface area contributed by atoms with Gasteiger partial charge < -0.3 is 14.8 Å². The molecule has 1 amide bonds. The third-order valence-corrected chi connectivity index (χ3v) is 5.36. The number of alkyl halides is 2. The molecule has 0 atom stereocenters. The number of carbonyl (C=O) groups is 1. The summed E-state index contributed by atoms with van der Waals surface area (Å²) in [5, 5.41) is 12.1. The highest BCUT2D eigenvalue weighted by Gasteiger charge is 2.24. The second kappa shape index (κ2) is 9.86. The predicted octanol–water partition coefficient (Wildman–Crippen LogP) is 4.94. The molecule has 2 heterocycles. The summed E-state index contributed by atoms with van der Waals surface area (Å²) < 4.78 is 38.2. The summed E-state index contributed by atoms with van der Waals surface area (Å²) in [6.07, 6.45) is 4.97. The standard InChI is InChI=1S/C24H26F2N4O3/c1-5-6-8-28-22(31)21-18(32-4)10-15(11-19(21)33-23(25)26)17-13-29-20-12-16(7-9-30(17)20)24(2,3)14-27/h7,9-13,23H,5-6,8H2,1-4H3,(H,28,31). The van der Waals surface area contributed by atoms with Gasteiger partial charge in [-0.1, -0.05) is 13.3 Å². The molecule has 0 radical (unpaired) electrons. The van der Waals surface area contributed by atoms with Crippen molar-refractivity contribution < 1.29 is 23.0 Å². The number of fused-ring (bicyclic) bond motifs is 1. The van der Waals surface area contributed by atoms with Crippen molar-refractivity contribution in [2.45, 2.75) is 45.6 Å². The number of nitriles is 1. The molecule has 1 N–H and O–H groups in total. The number of unbranched alkanes of at least 4 members (excludes halogenated alkanes) is 1. The number of ether oxygens (including phenoxy) is 2. The molecule has 0 aliphatic carbocycles. The summed E-state index contributed by atoms with van der Waals surface area (Å²) in [5.74, 6) is -0.733. The van der Waals surface area contributed by atoms with Crippen LogP contribution in [0.25, 0.3) is 16.9 Å². The molecule has 174 valence electrons. The molecule has 0 bridgehead atoms. The van der Waals surface area contributed by atoms with Crippen molar-refractivity contribution in [2.24, 2.45) is 0 Å². The molecule has 1 aromatic carbocycles. The van der Waals surface area contributed by atoms with Gasteiger partial charge in [-0.3, -0.25) is 9.20 Å². The maximum Gasteiger partial charge on any atom is 0.387 e. The fourth-order valence-corrected chi connectivity index (χ4v) is 3.43. The van der Waals surface area contributed by atoms with Crippen molar-refractivity contribution in [3.63, 3.8) is 0 Å². The summed E-state index contributed by atoms with van der Waals surface area (Å²) in [4.78, 5) is 17.1. The monoisotopic (exact) mass is 456 g/mol. The van der Waals surface area contributed by atoms with E-state index in [0.29, 0.717) is 23.4 Å². The van der Waals surface area contributed by atoms with E-state index in [2.05, 4.69) is 16.4 Å². The van der Waals surface area contributed by atoms with Crippen LogP contribution in [0.5, 0.6) is 11.5 Å². The number of carbonyl (C=O) groups excluding carboxylic acids is 1. The maximum absolute atomic E-state index is 13.2. The molecule has 3 aromatic rings. The Morgan fingerprint density at radius 3 is 2.67 bits per heavy atom. The molecule has 7 nitrogen and oxygen atoms in total. The van der Waals surface area contributed by atoms with Crippen LogP contribution in [0.15, 0.2) is 36.7 Å². The first kappa shape index (κ1) is 24.0. The zero-order valence-corrected chi connectivity index (χ0v) is 19.0. The quantitative estimate of drug-likeness (QED) is 0.461. The number of hydrogen-bond donors (Lipinski definition) is 1. The van der Waals surface area contributed by atoms with Crippen molar-refractivity contribution in [1.29, 1.82) is 5.26 Å². The van der Waals surface area contributed by atoms with Gasteiger partial charge >= 0.3 is 6.61 Å². The molecule has 0 aliphatic rings. The number of aromatic nitrogens is 2. The van der Waals surface area contributed by atoms with Crippen LogP contribution in [0.4, 0.5) is 8.78 Å². The summed E-state index contributed by atoms with van der Waals surface area (Å²) >= 11 is 0. The predicted molar refractivity (Wildman–Crippen MR) is 120 cm³/mol. The Bertz CT molecular complexity index is 1200. The SMILES string of the molecule is CCCCNC(=O)c1c(OC)cc(-c2cnc3cc(C(C)(C)C#N)ccn23)cc1OC(F)F. The molecule has 0 spiro atoms. The van der Waals surface area contributed by atoms with Gasteiger partial charge in [-0.05, 0) is 50.1 Å². The van der Waals surface area contributed by atoms with Crippen LogP contribution in [0.1, 0.15) is 49.5 Å². The van der Waals surface area contributed by atoms with E-state index >= 15 is 0 Å². The van der Waals surface area contributed by atoms with Crippen molar-refractivity contribution in [1.82, 2.24) is 14.7 Å². The second-order valence-corrected chi connectivity index (χ2v) is 8.06. The normalized spacial score (nSPS) is 11.5. The van der Waals surface area contributed by atoms with Crippen LogP contribution < -0.4 is 14.8 Å². The maximum atomic E-state index is 13.2. The number of pyridine rings is 1. The molecule has 9 heteroatoms. The first-order chi connectivity index (χ1) is 15.7. The molecule has 0 fully saturated rings. The zero-order chi connectivity index (χ0) is 24.2. The third kappa shape index (κ3) is 5.06. The topological polar surface area (TPSA) is 88.6 Å². The van der Waals surface area contributed by atoms with Crippen LogP contribution in [0.2, 0.25) is 0 Å². The lowest BCUT2D eigenvalue weighted by Crippen LogP contribution is -2.26. The third-order valence-electron chi connectivity index (χ3n) is 5.36. The van der Waals surface area contributed by atoms with E-state index in [-0.39, 0.29) is 17.1 Å². The summed E-state index contributed by atoms with van der Waals surface area (Å²) in [5.41, 5.74) is 1.66. The Kier molecular flexibility index (Phi) is 7.16. The smallest absolute Gasteiger partial charge is 0.387 e. The van der Waals surface area contributed by atoms with Gasteiger partial charge in [0.1, 0.15) is 22.7 Å². The summed E-state index contributed by atoms with van der Waals surface area (Å²) in [6.45, 7) is 2.89. The van der Waals surface area contributed by atoms with Gasteiger partial charge in [0, 0.05) is 18.3 Å². The minimum absolute atomic E-state index is 0.0930. The highest BCUT2D eigenvalue weighted by atomic mass is 19.3. The molecular formula is C24H26F2N4O3. The van der Waals surface area contributed by atoms with Crippen molar-refractivity contribution >= 4 is 11.6 Å². The number of methoxy groups -OCH3 is 1. The molecule has 0 aliphatic heterocycles. The number of nitrogens with one attached hydrogen (secondary N) is 1. The number of amides is 1. The summed E-state index contributed by atoms with van der Waals surface area (Å²) in [6, 6.07) is 8.83. The average Bonchev–Trinajstić information content (AvgIpc) is 3.21. The van der Waals surface area contributed by atoms with Gasteiger partial charge in [0.2, 0.25) is 0 Å². The Morgan fingerprint density at radius 1 is 1.30 bits per heavy atom. The number of imidazole rings is 1. The number of halogens is 2. The van der Waals surface area contributed by atoms with Gasteiger partial charge in [-0.2, -0.15) is 14.0 Å². The van der Waals surface area contributed by atoms with Crippen LogP contribution in [0, 0.1) is 11.3 Å². The molecule has 0 saturated heterocycles. The minimum Gasteiger partial charge on any atom is -0.496 e. The lowest BCUT2D eigenvalue weighted by Gasteiger charge is -2.17. The van der Waals surface area contributed by atoms with Crippen LogP contribution in [0.3, 0.4) is 0 Å². The number of nitrogens with zero attached hydrogens (tertiary/aromatic N) is 3. The Balaban J connectivity index is 2.11. The van der Waals surface area contributed by atoms with E-state index in [4.69, 9.17) is 9.47 Å². The second-order valence-electron chi connectivity index (χ2n) is 8.06. The Hall–Kier alpha value is -3.67. The van der Waals surface area contributed by atoms with Crippen LogP contribution >= 0.6 is 0 Å². The van der Waals surface area contributed by atoms with E-state index in [1.165, 1.54) is 13.2 Å². The van der Waals surface area contributed by atoms with E-state index in [1.807, 2.05) is 26.8 Å². The van der Waals surface area contributed by atoms with Crippen molar-refractivity contribution in [2.75, 3.05) is 13.7 Å². The van der Waals surface area contributed by atoms with Gasteiger partial charge in [0.05, 0.1) is 30.5 Å². The van der Waals surface area contributed by atoms with E-state index in [0.717, 1.165) is 18.4 Å². The minimum atomic E-state index is -3.12. The fraction of sp³-hybridized carbons (Fsp3) is 0.375. The van der Waals surface area contributed by atoms with Gasteiger partial charge in [0.25, 0.3) is 5.91 Å². The zero-order valence-electron chi connectivity index (χ0n) is 19.0. The van der Waals surface area contributed by atoms with Gasteiger partial charge in [-0.25, -0.2) is 4.98 Å². The fourth-order valence-electron chi connectivity index (χ4n) is 3.43. The Labute approximate surface area is 191 Å². The van der Waals surface area contributed by atoms with Crippen LogP contribution in [-0.2, 0) is 5.41 Å². The van der Waals surface area contributed by atoms with E-state index in [9.17, 15) is 18.8 Å². The van der Waals surface area contributed by atoms with Crippen LogP contribution in [-0.4, -0.2) is 35.6 Å². The molecule has 0 unspecified atom stereocenters. The molecular weight excluding hydrogens is 430 g/mol. The van der Waals surface area contributed by atoms with Gasteiger partial charge in [0.15, 0.2) is 0 Å². The average molecular weight is 456 g/mol. The van der Waals surface area contributed by atoms with E-state index < -0.39 is 17.9 Å². The number of hydrogen-bond acceptors (Lipinski definition) is 5. The first-order valence-electron chi connectivity index (χ1n) is 10.6. The van der Waals surface area contributed by atoms with Crippen molar-refractivity contribution in [3.05, 3.63) is 47.8 Å². The van der Waals surface area contributed by atoms with Crippen molar-refractivity contribution in [3.8, 4) is 28.8 Å². The number of benzene rings is 1. The Morgan fingerprint density at radius 2 is 2.03 bits per heavy atom. The number of rotatable bonds is 9. The lowest BCUT2D eigenvalue weighted by atomic mass is 9.87. The highest BCUT2D eigenvalue weighted by Crippen LogP contribution is 2.36. The first-order valence-corrected chi connectivity index (χ1v) is 10.6. The molecule has 3 rings (SSSR count). The lowest BCUT2D eigenvalue weighted by molar-refractivity contribution is -0.0502. The molecule has 33 heavy (non-hydrogen) atoms. The van der Waals surface area contributed by atoms with Gasteiger partial charge in [-0.15, -0.1) is 0 Å². The molecule has 2 aromatic heterocycles. The highest BCUT2D eigenvalue weighted by molar-refractivity contribution is 6.00.